The van der Waals surface area contributed by atoms with E-state index in [-0.39, 0.29) is 11.9 Å². The smallest absolute Gasteiger partial charge is 0.253 e. The molecule has 28 heavy (non-hydrogen) atoms. The Bertz CT molecular complexity index is 808. The number of aromatic nitrogens is 1. The molecule has 1 aliphatic carbocycles. The van der Waals surface area contributed by atoms with Crippen molar-refractivity contribution in [2.24, 2.45) is 5.92 Å². The minimum Gasteiger partial charge on any atom is -0.377 e. The summed E-state index contributed by atoms with van der Waals surface area (Å²) in [6, 6.07) is 5.68. The first-order valence-electron chi connectivity index (χ1n) is 9.79. The standard InChI is InChI=1S/C21H29ClN4OS/c1-13-14(2)28-21(24-13)23-12-15-5-8-17(9-6-15)25-20(27)18-11-16(22)7-10-19(18)26(3)4/h7,10-11,15,17H,5-6,8-9,12H2,1-4H3,(H,23,24)(H,25,27)/t15-,17-. The summed E-state index contributed by atoms with van der Waals surface area (Å²) in [6.45, 7) is 5.10. The van der Waals surface area contributed by atoms with E-state index < -0.39 is 0 Å². The number of hydrogen-bond acceptors (Lipinski definition) is 5. The number of nitrogens with one attached hydrogen (secondary N) is 2. The molecule has 1 saturated carbocycles. The summed E-state index contributed by atoms with van der Waals surface area (Å²) in [5, 5.41) is 8.29. The van der Waals surface area contributed by atoms with Crippen LogP contribution in [0, 0.1) is 19.8 Å². The van der Waals surface area contributed by atoms with Crippen molar-refractivity contribution < 1.29 is 4.79 Å². The highest BCUT2D eigenvalue weighted by molar-refractivity contribution is 7.15. The Labute approximate surface area is 176 Å². The normalized spacial score (nSPS) is 19.3. The number of thiazole rings is 1. The molecule has 0 unspecified atom stereocenters. The SMILES string of the molecule is Cc1nc(NC[C@H]2CC[C@H](NC(=O)c3cc(Cl)ccc3N(C)C)CC2)sc1C. The van der Waals surface area contributed by atoms with Gasteiger partial charge >= 0.3 is 0 Å². The Balaban J connectivity index is 1.50. The second-order valence-corrected chi connectivity index (χ2v) is 9.43. The van der Waals surface area contributed by atoms with Crippen LogP contribution in [0.25, 0.3) is 0 Å². The van der Waals surface area contributed by atoms with Gasteiger partial charge in [0.25, 0.3) is 5.91 Å². The van der Waals surface area contributed by atoms with Gasteiger partial charge < -0.3 is 15.5 Å². The molecule has 0 spiro atoms. The number of aryl methyl sites for hydroxylation is 2. The van der Waals surface area contributed by atoms with Gasteiger partial charge in [0, 0.05) is 42.3 Å². The average molecular weight is 421 g/mol. The summed E-state index contributed by atoms with van der Waals surface area (Å²) in [6.07, 6.45) is 4.23. The third-order valence-corrected chi connectivity index (χ3v) is 6.70. The van der Waals surface area contributed by atoms with Crippen molar-refractivity contribution >= 4 is 39.7 Å². The average Bonchev–Trinajstić information content (AvgIpc) is 2.98. The van der Waals surface area contributed by atoms with Crippen LogP contribution in [0.3, 0.4) is 0 Å². The molecule has 1 heterocycles. The number of benzene rings is 1. The zero-order chi connectivity index (χ0) is 20.3. The predicted molar refractivity (Wildman–Crippen MR) is 119 cm³/mol. The molecule has 0 radical (unpaired) electrons. The van der Waals surface area contributed by atoms with Gasteiger partial charge in [0.15, 0.2) is 5.13 Å². The minimum atomic E-state index is -0.0403. The molecule has 5 nitrogen and oxygen atoms in total. The first-order valence-corrected chi connectivity index (χ1v) is 11.0. The van der Waals surface area contributed by atoms with Crippen molar-refractivity contribution in [3.8, 4) is 0 Å². The van der Waals surface area contributed by atoms with E-state index in [1.54, 1.807) is 17.4 Å². The van der Waals surface area contributed by atoms with Gasteiger partial charge in [0.2, 0.25) is 0 Å². The molecule has 0 aliphatic heterocycles. The molecule has 0 bridgehead atoms. The quantitative estimate of drug-likeness (QED) is 0.699. The largest absolute Gasteiger partial charge is 0.377 e. The van der Waals surface area contributed by atoms with E-state index in [0.717, 1.165) is 48.7 Å². The van der Waals surface area contributed by atoms with E-state index in [0.29, 0.717) is 16.5 Å². The number of carbonyl (C=O) groups excluding carboxylic acids is 1. The lowest BCUT2D eigenvalue weighted by molar-refractivity contribution is 0.0923. The van der Waals surface area contributed by atoms with E-state index in [4.69, 9.17) is 11.6 Å². The number of anilines is 2. The lowest BCUT2D eigenvalue weighted by atomic mass is 9.86. The summed E-state index contributed by atoms with van der Waals surface area (Å²) < 4.78 is 0. The van der Waals surface area contributed by atoms with E-state index in [1.807, 2.05) is 38.1 Å². The van der Waals surface area contributed by atoms with Gasteiger partial charge in [0.1, 0.15) is 0 Å². The Morgan fingerprint density at radius 2 is 1.96 bits per heavy atom. The maximum atomic E-state index is 12.8. The third kappa shape index (κ3) is 5.17. The Morgan fingerprint density at radius 1 is 1.25 bits per heavy atom. The second kappa shape index (κ2) is 9.14. The van der Waals surface area contributed by atoms with E-state index in [9.17, 15) is 4.79 Å². The number of rotatable bonds is 6. The van der Waals surface area contributed by atoms with E-state index in [1.165, 1.54) is 4.88 Å². The monoisotopic (exact) mass is 420 g/mol. The molecule has 3 rings (SSSR count). The first-order chi connectivity index (χ1) is 13.3. The summed E-state index contributed by atoms with van der Waals surface area (Å²) in [4.78, 5) is 20.6. The van der Waals surface area contributed by atoms with Crippen LogP contribution < -0.4 is 15.5 Å². The van der Waals surface area contributed by atoms with Crippen LogP contribution in [-0.2, 0) is 0 Å². The number of nitrogens with zero attached hydrogens (tertiary/aromatic N) is 2. The molecule has 1 aromatic carbocycles. The van der Waals surface area contributed by atoms with Crippen molar-refractivity contribution in [3.05, 3.63) is 39.4 Å². The van der Waals surface area contributed by atoms with Crippen LogP contribution in [0.1, 0.15) is 46.6 Å². The Kier molecular flexibility index (Phi) is 6.83. The maximum absolute atomic E-state index is 12.8. The summed E-state index contributed by atoms with van der Waals surface area (Å²) >= 11 is 7.83. The highest BCUT2D eigenvalue weighted by Gasteiger charge is 2.24. The molecular weight excluding hydrogens is 392 g/mol. The van der Waals surface area contributed by atoms with Gasteiger partial charge in [-0.2, -0.15) is 0 Å². The van der Waals surface area contributed by atoms with Crippen LogP contribution in [-0.4, -0.2) is 37.6 Å². The number of halogens is 1. The van der Waals surface area contributed by atoms with Gasteiger partial charge in [-0.25, -0.2) is 4.98 Å². The molecule has 1 aliphatic rings. The van der Waals surface area contributed by atoms with Gasteiger partial charge in [-0.1, -0.05) is 11.6 Å². The lowest BCUT2D eigenvalue weighted by Crippen LogP contribution is -2.39. The van der Waals surface area contributed by atoms with Crippen molar-refractivity contribution in [2.45, 2.75) is 45.6 Å². The fourth-order valence-electron chi connectivity index (χ4n) is 3.63. The molecule has 1 fully saturated rings. The molecule has 0 atom stereocenters. The highest BCUT2D eigenvalue weighted by atomic mass is 35.5. The fraction of sp³-hybridized carbons (Fsp3) is 0.524. The minimum absolute atomic E-state index is 0.0403. The molecule has 152 valence electrons. The molecule has 0 saturated heterocycles. The first kappa shape index (κ1) is 20.9. The van der Waals surface area contributed by atoms with Crippen molar-refractivity contribution in [1.82, 2.24) is 10.3 Å². The maximum Gasteiger partial charge on any atom is 0.253 e. The summed E-state index contributed by atoms with van der Waals surface area (Å²) in [5.41, 5.74) is 2.63. The zero-order valence-electron chi connectivity index (χ0n) is 17.0. The number of carbonyl (C=O) groups is 1. The van der Waals surface area contributed by atoms with Gasteiger partial charge in [-0.15, -0.1) is 11.3 Å². The third-order valence-electron chi connectivity index (χ3n) is 5.44. The van der Waals surface area contributed by atoms with Crippen molar-refractivity contribution in [3.63, 3.8) is 0 Å². The van der Waals surface area contributed by atoms with Crippen LogP contribution in [0.4, 0.5) is 10.8 Å². The van der Waals surface area contributed by atoms with Gasteiger partial charge in [-0.3, -0.25) is 4.79 Å². The van der Waals surface area contributed by atoms with Crippen LogP contribution in [0.15, 0.2) is 18.2 Å². The van der Waals surface area contributed by atoms with Crippen LogP contribution in [0.5, 0.6) is 0 Å². The topological polar surface area (TPSA) is 57.3 Å². The molecule has 1 aromatic heterocycles. The van der Waals surface area contributed by atoms with Crippen LogP contribution in [0.2, 0.25) is 5.02 Å². The van der Waals surface area contributed by atoms with Crippen LogP contribution >= 0.6 is 22.9 Å². The summed E-state index contributed by atoms with van der Waals surface area (Å²) in [7, 11) is 3.87. The zero-order valence-corrected chi connectivity index (χ0v) is 18.6. The van der Waals surface area contributed by atoms with Gasteiger partial charge in [0.05, 0.1) is 11.3 Å². The van der Waals surface area contributed by atoms with Crippen molar-refractivity contribution in [2.75, 3.05) is 30.9 Å². The Morgan fingerprint density at radius 3 is 2.57 bits per heavy atom. The second-order valence-electron chi connectivity index (χ2n) is 7.79. The lowest BCUT2D eigenvalue weighted by Gasteiger charge is -2.29. The number of amides is 1. The Hall–Kier alpha value is -1.79. The highest BCUT2D eigenvalue weighted by Crippen LogP contribution is 2.28. The predicted octanol–water partition coefficient (Wildman–Crippen LogP) is 4.88. The van der Waals surface area contributed by atoms with E-state index in [2.05, 4.69) is 22.5 Å². The molecule has 1 amide bonds. The molecule has 2 aromatic rings. The number of hydrogen-bond donors (Lipinski definition) is 2. The molecule has 2 N–H and O–H groups in total. The molecule has 7 heteroatoms. The molecular formula is C21H29ClN4OS. The van der Waals surface area contributed by atoms with E-state index >= 15 is 0 Å². The van der Waals surface area contributed by atoms with Crippen molar-refractivity contribution in [1.29, 1.82) is 0 Å². The summed E-state index contributed by atoms with van der Waals surface area (Å²) in [5.74, 6) is 0.586. The van der Waals surface area contributed by atoms with Gasteiger partial charge in [-0.05, 0) is 63.6 Å². The fourth-order valence-corrected chi connectivity index (χ4v) is 4.63.